The molecule has 1 aromatic carbocycles. The maximum atomic E-state index is 12.5. The van der Waals surface area contributed by atoms with E-state index < -0.39 is 0 Å². The predicted molar refractivity (Wildman–Crippen MR) is 101 cm³/mol. The molecule has 25 heavy (non-hydrogen) atoms. The zero-order chi connectivity index (χ0) is 16.9. The number of nitrogens with zero attached hydrogens (tertiary/aromatic N) is 3. The molecule has 0 radical (unpaired) electrons. The van der Waals surface area contributed by atoms with Crippen molar-refractivity contribution in [3.8, 4) is 0 Å². The van der Waals surface area contributed by atoms with Crippen LogP contribution in [-0.2, 0) is 11.3 Å². The molecule has 2 heterocycles. The van der Waals surface area contributed by atoms with E-state index in [9.17, 15) is 9.59 Å². The van der Waals surface area contributed by atoms with E-state index in [1.54, 1.807) is 12.1 Å². The third-order valence-electron chi connectivity index (χ3n) is 4.69. The molecule has 0 bridgehead atoms. The van der Waals surface area contributed by atoms with Gasteiger partial charge in [-0.05, 0) is 44.0 Å². The predicted octanol–water partition coefficient (Wildman–Crippen LogP) is 1.67. The summed E-state index contributed by atoms with van der Waals surface area (Å²) in [5.74, 6) is 0.634. The summed E-state index contributed by atoms with van der Waals surface area (Å²) >= 11 is 0. The Labute approximate surface area is 153 Å². The number of aromatic nitrogens is 2. The fourth-order valence-electron chi connectivity index (χ4n) is 3.20. The van der Waals surface area contributed by atoms with Crippen LogP contribution in [-0.4, -0.2) is 46.5 Å². The van der Waals surface area contributed by atoms with Crippen molar-refractivity contribution in [2.45, 2.75) is 26.3 Å². The van der Waals surface area contributed by atoms with Crippen LogP contribution in [0, 0.1) is 5.92 Å². The number of halogens is 1. The minimum absolute atomic E-state index is 0. The summed E-state index contributed by atoms with van der Waals surface area (Å²) < 4.78 is 1.41. The van der Waals surface area contributed by atoms with Crippen molar-refractivity contribution in [2.75, 3.05) is 26.2 Å². The molecule has 3 rings (SSSR count). The van der Waals surface area contributed by atoms with Crippen LogP contribution in [0.2, 0.25) is 0 Å². The number of rotatable bonds is 5. The summed E-state index contributed by atoms with van der Waals surface area (Å²) in [7, 11) is 0. The van der Waals surface area contributed by atoms with Crippen molar-refractivity contribution in [3.05, 3.63) is 40.9 Å². The fourth-order valence-corrected chi connectivity index (χ4v) is 3.20. The molecule has 2 aromatic rings. The van der Waals surface area contributed by atoms with E-state index in [-0.39, 0.29) is 30.4 Å². The summed E-state index contributed by atoms with van der Waals surface area (Å²) in [6, 6.07) is 7.21. The lowest BCUT2D eigenvalue weighted by molar-refractivity contribution is -0.133. The Morgan fingerprint density at radius 1 is 1.28 bits per heavy atom. The van der Waals surface area contributed by atoms with Gasteiger partial charge >= 0.3 is 0 Å². The minimum atomic E-state index is -0.156. The highest BCUT2D eigenvalue weighted by atomic mass is 35.5. The smallest absolute Gasteiger partial charge is 0.261 e. The zero-order valence-electron chi connectivity index (χ0n) is 14.5. The largest absolute Gasteiger partial charge is 0.341 e. The number of benzene rings is 1. The SMILES string of the molecule is CCNCC1CCN(C(=O)Cn2cnc3ccccc3c2=O)CC1.Cl. The molecule has 1 aliphatic heterocycles. The number of para-hydroxylation sites is 1. The third kappa shape index (κ3) is 4.58. The molecule has 1 saturated heterocycles. The van der Waals surface area contributed by atoms with Crippen LogP contribution in [0.1, 0.15) is 19.8 Å². The average Bonchev–Trinajstić information content (AvgIpc) is 2.63. The van der Waals surface area contributed by atoms with Crippen molar-refractivity contribution in [1.82, 2.24) is 19.8 Å². The Bertz CT molecular complexity index is 769. The van der Waals surface area contributed by atoms with Gasteiger partial charge in [0.15, 0.2) is 0 Å². The first-order valence-electron chi connectivity index (χ1n) is 8.61. The summed E-state index contributed by atoms with van der Waals surface area (Å²) in [5, 5.41) is 3.92. The van der Waals surface area contributed by atoms with Crippen LogP contribution in [0.4, 0.5) is 0 Å². The molecule has 1 N–H and O–H groups in total. The van der Waals surface area contributed by atoms with E-state index in [1.807, 2.05) is 17.0 Å². The second-order valence-electron chi connectivity index (χ2n) is 6.33. The van der Waals surface area contributed by atoms with Crippen LogP contribution >= 0.6 is 12.4 Å². The van der Waals surface area contributed by atoms with Gasteiger partial charge in [0.25, 0.3) is 5.56 Å². The van der Waals surface area contributed by atoms with E-state index in [0.29, 0.717) is 16.8 Å². The Balaban J connectivity index is 0.00000225. The molecular formula is C18H25ClN4O2. The first kappa shape index (κ1) is 19.4. The van der Waals surface area contributed by atoms with Crippen LogP contribution in [0.3, 0.4) is 0 Å². The van der Waals surface area contributed by atoms with E-state index in [1.165, 1.54) is 10.9 Å². The Kier molecular flexibility index (Phi) is 6.96. The van der Waals surface area contributed by atoms with Crippen LogP contribution < -0.4 is 10.9 Å². The van der Waals surface area contributed by atoms with Gasteiger partial charge in [-0.15, -0.1) is 12.4 Å². The molecule has 6 nitrogen and oxygen atoms in total. The second kappa shape index (κ2) is 8.97. The highest BCUT2D eigenvalue weighted by molar-refractivity contribution is 5.85. The van der Waals surface area contributed by atoms with Gasteiger partial charge in [0.2, 0.25) is 5.91 Å². The van der Waals surface area contributed by atoms with E-state index in [0.717, 1.165) is 39.0 Å². The van der Waals surface area contributed by atoms with Crippen LogP contribution in [0.25, 0.3) is 10.9 Å². The molecule has 1 fully saturated rings. The second-order valence-corrected chi connectivity index (χ2v) is 6.33. The number of hydrogen-bond acceptors (Lipinski definition) is 4. The molecule has 136 valence electrons. The Morgan fingerprint density at radius 3 is 2.72 bits per heavy atom. The van der Waals surface area contributed by atoms with Gasteiger partial charge < -0.3 is 10.2 Å². The number of amides is 1. The summed E-state index contributed by atoms with van der Waals surface area (Å²) in [6.45, 7) is 5.71. The lowest BCUT2D eigenvalue weighted by Gasteiger charge is -2.32. The molecule has 0 aliphatic carbocycles. The molecular weight excluding hydrogens is 340 g/mol. The first-order valence-corrected chi connectivity index (χ1v) is 8.61. The third-order valence-corrected chi connectivity index (χ3v) is 4.69. The zero-order valence-corrected chi connectivity index (χ0v) is 15.3. The first-order chi connectivity index (χ1) is 11.7. The van der Waals surface area contributed by atoms with Gasteiger partial charge in [0.1, 0.15) is 6.54 Å². The number of fused-ring (bicyclic) bond motifs is 1. The monoisotopic (exact) mass is 364 g/mol. The van der Waals surface area contributed by atoms with Crippen molar-refractivity contribution in [3.63, 3.8) is 0 Å². The summed E-state index contributed by atoms with van der Waals surface area (Å²) in [6.07, 6.45) is 3.51. The lowest BCUT2D eigenvalue weighted by Crippen LogP contribution is -2.43. The minimum Gasteiger partial charge on any atom is -0.341 e. The molecule has 0 atom stereocenters. The summed E-state index contributed by atoms with van der Waals surface area (Å²) in [5.41, 5.74) is 0.506. The molecule has 7 heteroatoms. The van der Waals surface area contributed by atoms with E-state index in [4.69, 9.17) is 0 Å². The van der Waals surface area contributed by atoms with Gasteiger partial charge in [-0.1, -0.05) is 19.1 Å². The van der Waals surface area contributed by atoms with Gasteiger partial charge in [-0.25, -0.2) is 4.98 Å². The standard InChI is InChI=1S/C18H24N4O2.ClH/c1-2-19-11-14-7-9-21(10-8-14)17(23)12-22-13-20-16-6-4-3-5-15(16)18(22)24;/h3-6,13-14,19H,2,7-12H2,1H3;1H. The Morgan fingerprint density at radius 2 is 2.00 bits per heavy atom. The number of piperidine rings is 1. The van der Waals surface area contributed by atoms with Crippen molar-refractivity contribution in [2.24, 2.45) is 5.92 Å². The number of carbonyl (C=O) groups is 1. The lowest BCUT2D eigenvalue weighted by atomic mass is 9.97. The molecule has 1 aromatic heterocycles. The molecule has 1 amide bonds. The van der Waals surface area contributed by atoms with Crippen LogP contribution in [0.5, 0.6) is 0 Å². The normalized spacial score (nSPS) is 15.2. The van der Waals surface area contributed by atoms with Crippen molar-refractivity contribution < 1.29 is 4.79 Å². The van der Waals surface area contributed by atoms with Gasteiger partial charge in [0.05, 0.1) is 17.2 Å². The maximum Gasteiger partial charge on any atom is 0.261 e. The number of nitrogens with one attached hydrogen (secondary N) is 1. The maximum absolute atomic E-state index is 12.5. The van der Waals surface area contributed by atoms with E-state index in [2.05, 4.69) is 17.2 Å². The number of carbonyl (C=O) groups excluding carboxylic acids is 1. The van der Waals surface area contributed by atoms with Gasteiger partial charge in [0, 0.05) is 13.1 Å². The number of likely N-dealkylation sites (tertiary alicyclic amines) is 1. The quantitative estimate of drug-likeness (QED) is 0.876. The molecule has 1 aliphatic rings. The van der Waals surface area contributed by atoms with Crippen molar-refractivity contribution >= 4 is 29.2 Å². The fraction of sp³-hybridized carbons (Fsp3) is 0.500. The van der Waals surface area contributed by atoms with Gasteiger partial charge in [-0.2, -0.15) is 0 Å². The van der Waals surface area contributed by atoms with Crippen LogP contribution in [0.15, 0.2) is 35.4 Å². The highest BCUT2D eigenvalue weighted by Gasteiger charge is 2.22. The highest BCUT2D eigenvalue weighted by Crippen LogP contribution is 2.16. The molecule has 0 spiro atoms. The molecule has 0 unspecified atom stereocenters. The summed E-state index contributed by atoms with van der Waals surface area (Å²) in [4.78, 5) is 31.1. The van der Waals surface area contributed by atoms with Crippen molar-refractivity contribution in [1.29, 1.82) is 0 Å². The topological polar surface area (TPSA) is 67.2 Å². The van der Waals surface area contributed by atoms with E-state index >= 15 is 0 Å². The average molecular weight is 365 g/mol. The van der Waals surface area contributed by atoms with Gasteiger partial charge in [-0.3, -0.25) is 14.2 Å². The Hall–Kier alpha value is -1.92. The number of hydrogen-bond donors (Lipinski definition) is 1. The molecule has 0 saturated carbocycles.